The van der Waals surface area contributed by atoms with Crippen LogP contribution in [0.1, 0.15) is 28.8 Å². The third-order valence-electron chi connectivity index (χ3n) is 5.15. The van der Waals surface area contributed by atoms with Crippen molar-refractivity contribution in [1.82, 2.24) is 16.0 Å². The summed E-state index contributed by atoms with van der Waals surface area (Å²) >= 11 is 0. The Morgan fingerprint density at radius 2 is 1.83 bits per heavy atom. The number of carbonyl (C=O) groups excluding carboxylic acids is 1. The van der Waals surface area contributed by atoms with E-state index in [2.05, 4.69) is 20.9 Å². The fourth-order valence-corrected chi connectivity index (χ4v) is 3.28. The molecule has 0 saturated heterocycles. The van der Waals surface area contributed by atoms with Crippen molar-refractivity contribution in [2.45, 2.75) is 18.3 Å². The number of nitrogens with one attached hydrogen (secondary N) is 3. The molecule has 2 aromatic rings. The van der Waals surface area contributed by atoms with Crippen molar-refractivity contribution in [3.8, 4) is 5.75 Å². The lowest BCUT2D eigenvalue weighted by molar-refractivity contribution is 0.0954. The molecule has 8 heteroatoms. The van der Waals surface area contributed by atoms with E-state index in [0.717, 1.165) is 18.4 Å². The Labute approximate surface area is 193 Å². The number of aliphatic imine (C=N–C) groups is 1. The van der Waals surface area contributed by atoms with Crippen LogP contribution in [0, 0.1) is 5.82 Å². The van der Waals surface area contributed by atoms with Crippen molar-refractivity contribution < 1.29 is 13.9 Å². The lowest BCUT2D eigenvalue weighted by atomic mass is 9.95. The molecule has 1 saturated carbocycles. The van der Waals surface area contributed by atoms with Crippen LogP contribution in [0.3, 0.4) is 0 Å². The third-order valence-corrected chi connectivity index (χ3v) is 5.15. The predicted octanol–water partition coefficient (Wildman–Crippen LogP) is 3.08. The van der Waals surface area contributed by atoms with E-state index in [1.165, 1.54) is 6.07 Å². The van der Waals surface area contributed by atoms with Gasteiger partial charge in [-0.25, -0.2) is 4.39 Å². The van der Waals surface area contributed by atoms with Crippen molar-refractivity contribution in [1.29, 1.82) is 0 Å². The van der Waals surface area contributed by atoms with Gasteiger partial charge in [-0.15, -0.1) is 24.0 Å². The Morgan fingerprint density at radius 1 is 1.10 bits per heavy atom. The molecule has 0 unspecified atom stereocenters. The minimum absolute atomic E-state index is 0. The molecule has 0 aromatic heterocycles. The van der Waals surface area contributed by atoms with E-state index >= 15 is 0 Å². The summed E-state index contributed by atoms with van der Waals surface area (Å²) in [4.78, 5) is 16.4. The molecule has 0 atom stereocenters. The molecule has 162 valence electrons. The first-order chi connectivity index (χ1) is 14.1. The molecule has 0 bridgehead atoms. The Kier molecular flexibility index (Phi) is 8.88. The fraction of sp³-hybridized carbons (Fsp3) is 0.364. The molecular weight excluding hydrogens is 498 g/mol. The first-order valence-electron chi connectivity index (χ1n) is 9.70. The maximum atomic E-state index is 14.1. The summed E-state index contributed by atoms with van der Waals surface area (Å²) < 4.78 is 19.3. The Bertz CT molecular complexity index is 887. The summed E-state index contributed by atoms with van der Waals surface area (Å²) in [5, 5.41) is 9.31. The monoisotopic (exact) mass is 526 g/mol. The number of benzene rings is 2. The van der Waals surface area contributed by atoms with E-state index in [1.807, 2.05) is 12.1 Å². The standard InChI is InChI=1S/C22H27FN4O2.HI/c1-24-21(27-15-22(10-11-22)18-8-3-4-9-19(18)23)26-13-12-25-20(28)16-6-5-7-17(14-16)29-2;/h3-9,14H,10-13,15H2,1-2H3,(H,25,28)(H2,24,26,27);1H. The number of methoxy groups -OCH3 is 1. The van der Waals surface area contributed by atoms with Gasteiger partial charge in [-0.1, -0.05) is 24.3 Å². The summed E-state index contributed by atoms with van der Waals surface area (Å²) in [7, 11) is 3.25. The van der Waals surface area contributed by atoms with E-state index in [0.29, 0.717) is 36.9 Å². The number of ether oxygens (including phenoxy) is 1. The molecule has 0 spiro atoms. The highest BCUT2D eigenvalue weighted by Gasteiger charge is 2.45. The van der Waals surface area contributed by atoms with Gasteiger partial charge in [0.1, 0.15) is 11.6 Å². The fourth-order valence-electron chi connectivity index (χ4n) is 3.28. The van der Waals surface area contributed by atoms with Crippen molar-refractivity contribution in [3.05, 3.63) is 65.5 Å². The van der Waals surface area contributed by atoms with Crippen molar-refractivity contribution in [2.75, 3.05) is 33.8 Å². The minimum Gasteiger partial charge on any atom is -0.497 e. The molecule has 3 N–H and O–H groups in total. The lowest BCUT2D eigenvalue weighted by Crippen LogP contribution is -2.44. The van der Waals surface area contributed by atoms with E-state index < -0.39 is 0 Å². The largest absolute Gasteiger partial charge is 0.497 e. The second-order valence-electron chi connectivity index (χ2n) is 7.10. The summed E-state index contributed by atoms with van der Waals surface area (Å²) in [5.74, 6) is 0.951. The molecule has 1 amide bonds. The van der Waals surface area contributed by atoms with E-state index in [1.54, 1.807) is 44.5 Å². The highest BCUT2D eigenvalue weighted by Crippen LogP contribution is 2.48. The average molecular weight is 526 g/mol. The molecular formula is C22H28FIN4O2. The number of hydrogen-bond acceptors (Lipinski definition) is 3. The molecule has 30 heavy (non-hydrogen) atoms. The Balaban J connectivity index is 0.00000320. The van der Waals surface area contributed by atoms with Gasteiger partial charge >= 0.3 is 0 Å². The van der Waals surface area contributed by atoms with Crippen LogP contribution in [0.4, 0.5) is 4.39 Å². The van der Waals surface area contributed by atoms with Crippen LogP contribution in [0.2, 0.25) is 0 Å². The zero-order valence-electron chi connectivity index (χ0n) is 17.2. The maximum absolute atomic E-state index is 14.1. The highest BCUT2D eigenvalue weighted by atomic mass is 127. The average Bonchev–Trinajstić information content (AvgIpc) is 3.54. The lowest BCUT2D eigenvalue weighted by Gasteiger charge is -2.19. The van der Waals surface area contributed by atoms with Crippen LogP contribution in [0.15, 0.2) is 53.5 Å². The zero-order chi connectivity index (χ0) is 20.7. The van der Waals surface area contributed by atoms with Gasteiger partial charge < -0.3 is 20.7 Å². The molecule has 1 aliphatic carbocycles. The molecule has 1 aliphatic rings. The molecule has 2 aromatic carbocycles. The number of nitrogens with zero attached hydrogens (tertiary/aromatic N) is 1. The van der Waals surface area contributed by atoms with E-state index in [9.17, 15) is 9.18 Å². The molecule has 3 rings (SSSR count). The second kappa shape index (κ2) is 11.1. The van der Waals surface area contributed by atoms with Crippen LogP contribution in [-0.2, 0) is 5.41 Å². The highest BCUT2D eigenvalue weighted by molar-refractivity contribution is 14.0. The third kappa shape index (κ3) is 6.07. The zero-order valence-corrected chi connectivity index (χ0v) is 19.5. The number of guanidine groups is 1. The molecule has 1 fully saturated rings. The topological polar surface area (TPSA) is 74.8 Å². The first-order valence-corrected chi connectivity index (χ1v) is 9.70. The van der Waals surface area contributed by atoms with Gasteiger partial charge in [0, 0.05) is 37.7 Å². The van der Waals surface area contributed by atoms with Gasteiger partial charge in [-0.3, -0.25) is 9.79 Å². The summed E-state index contributed by atoms with van der Waals surface area (Å²) in [6, 6.07) is 14.0. The number of halogens is 2. The smallest absolute Gasteiger partial charge is 0.251 e. The SMILES string of the molecule is CN=C(NCCNC(=O)c1cccc(OC)c1)NCC1(c2ccccc2F)CC1.I. The van der Waals surface area contributed by atoms with Crippen LogP contribution in [-0.4, -0.2) is 45.7 Å². The minimum atomic E-state index is -0.163. The molecule has 0 radical (unpaired) electrons. The van der Waals surface area contributed by atoms with Crippen LogP contribution in [0.5, 0.6) is 5.75 Å². The number of amides is 1. The maximum Gasteiger partial charge on any atom is 0.251 e. The van der Waals surface area contributed by atoms with Gasteiger partial charge in [-0.2, -0.15) is 0 Å². The Hall–Kier alpha value is -2.36. The Morgan fingerprint density at radius 3 is 2.50 bits per heavy atom. The molecule has 0 aliphatic heterocycles. The number of rotatable bonds is 8. The van der Waals surface area contributed by atoms with Gasteiger partial charge in [0.15, 0.2) is 5.96 Å². The van der Waals surface area contributed by atoms with Gasteiger partial charge in [-0.05, 0) is 42.7 Å². The van der Waals surface area contributed by atoms with Crippen LogP contribution < -0.4 is 20.7 Å². The van der Waals surface area contributed by atoms with Crippen molar-refractivity contribution in [2.24, 2.45) is 4.99 Å². The summed E-state index contributed by atoms with van der Waals surface area (Å²) in [6.07, 6.45) is 1.91. The second-order valence-corrected chi connectivity index (χ2v) is 7.10. The number of hydrogen-bond donors (Lipinski definition) is 3. The molecule has 6 nitrogen and oxygen atoms in total. The van der Waals surface area contributed by atoms with E-state index in [-0.39, 0.29) is 41.1 Å². The normalized spacial score (nSPS) is 14.3. The van der Waals surface area contributed by atoms with Crippen LogP contribution >= 0.6 is 24.0 Å². The van der Waals surface area contributed by atoms with Gasteiger partial charge in [0.25, 0.3) is 5.91 Å². The molecule has 0 heterocycles. The van der Waals surface area contributed by atoms with Gasteiger partial charge in [0.2, 0.25) is 0 Å². The summed E-state index contributed by atoms with van der Waals surface area (Å²) in [6.45, 7) is 1.57. The summed E-state index contributed by atoms with van der Waals surface area (Å²) in [5.41, 5.74) is 1.14. The first kappa shape index (κ1) is 23.9. The van der Waals surface area contributed by atoms with Crippen molar-refractivity contribution in [3.63, 3.8) is 0 Å². The number of carbonyl (C=O) groups is 1. The van der Waals surface area contributed by atoms with E-state index in [4.69, 9.17) is 4.74 Å². The quantitative estimate of drug-likeness (QED) is 0.214. The van der Waals surface area contributed by atoms with Crippen LogP contribution in [0.25, 0.3) is 0 Å². The van der Waals surface area contributed by atoms with Crippen molar-refractivity contribution >= 4 is 35.8 Å². The van der Waals surface area contributed by atoms with Gasteiger partial charge in [0.05, 0.1) is 7.11 Å². The predicted molar refractivity (Wildman–Crippen MR) is 127 cm³/mol.